The highest BCUT2D eigenvalue weighted by atomic mass is 127. The number of pyridine rings is 1. The lowest BCUT2D eigenvalue weighted by atomic mass is 10.2. The Bertz CT molecular complexity index is 368. The van der Waals surface area contributed by atoms with Gasteiger partial charge < -0.3 is 10.5 Å². The summed E-state index contributed by atoms with van der Waals surface area (Å²) >= 11 is 1.67. The van der Waals surface area contributed by atoms with Crippen molar-refractivity contribution in [1.82, 2.24) is 4.98 Å². The van der Waals surface area contributed by atoms with Gasteiger partial charge in [0.15, 0.2) is 5.75 Å². The molecule has 0 aromatic carbocycles. The van der Waals surface area contributed by atoms with Crippen LogP contribution in [-0.4, -0.2) is 11.3 Å². The van der Waals surface area contributed by atoms with E-state index in [1.54, 1.807) is 29.5 Å². The van der Waals surface area contributed by atoms with Crippen LogP contribution < -0.4 is 10.5 Å². The van der Waals surface area contributed by atoms with Gasteiger partial charge in [0, 0.05) is 6.54 Å². The highest BCUT2D eigenvalue weighted by Crippen LogP contribution is 2.28. The van der Waals surface area contributed by atoms with Crippen molar-refractivity contribution in [3.05, 3.63) is 21.0 Å². The quantitative estimate of drug-likeness (QED) is 0.668. The van der Waals surface area contributed by atoms with Crippen LogP contribution in [0.25, 0.3) is 0 Å². The molecular formula is C8H8F3IN2O. The zero-order valence-electron chi connectivity index (χ0n) is 7.73. The third kappa shape index (κ3) is 3.49. The molecule has 1 aromatic rings. The predicted molar refractivity (Wildman–Crippen MR) is 56.3 cm³/mol. The van der Waals surface area contributed by atoms with Crippen LogP contribution in [0, 0.1) is 10.6 Å². The number of aryl methyl sites for hydroxylation is 1. The molecule has 0 aliphatic rings. The number of halogens is 4. The first kappa shape index (κ1) is 12.5. The van der Waals surface area contributed by atoms with Gasteiger partial charge in [-0.15, -0.1) is 13.2 Å². The van der Waals surface area contributed by atoms with E-state index in [1.807, 2.05) is 0 Å². The van der Waals surface area contributed by atoms with Gasteiger partial charge in [0.2, 0.25) is 0 Å². The molecule has 1 heterocycles. The summed E-state index contributed by atoms with van der Waals surface area (Å²) in [5.74, 6) is -0.294. The molecule has 0 amide bonds. The molecule has 0 aliphatic heterocycles. The average Bonchev–Trinajstić information content (AvgIpc) is 2.08. The number of hydrogen-bond donors (Lipinski definition) is 1. The van der Waals surface area contributed by atoms with Crippen molar-refractivity contribution in [3.63, 3.8) is 0 Å². The SMILES string of the molecule is Cc1cc(OC(F)(F)F)c(I)nc1CN. The van der Waals surface area contributed by atoms with Gasteiger partial charge in [-0.05, 0) is 41.1 Å². The number of ether oxygens (including phenoxy) is 1. The fourth-order valence-corrected chi connectivity index (χ4v) is 1.56. The molecule has 1 aromatic heterocycles. The van der Waals surface area contributed by atoms with E-state index in [0.29, 0.717) is 11.3 Å². The Morgan fingerprint density at radius 2 is 2.13 bits per heavy atom. The summed E-state index contributed by atoms with van der Waals surface area (Å²) in [6, 6.07) is 1.28. The molecule has 0 radical (unpaired) electrons. The van der Waals surface area contributed by atoms with E-state index in [2.05, 4.69) is 9.72 Å². The molecule has 0 fully saturated rings. The van der Waals surface area contributed by atoms with Crippen molar-refractivity contribution in [2.24, 2.45) is 5.73 Å². The fourth-order valence-electron chi connectivity index (χ4n) is 1.00. The Labute approximate surface area is 98.0 Å². The number of aromatic nitrogens is 1. The minimum Gasteiger partial charge on any atom is -0.403 e. The van der Waals surface area contributed by atoms with Gasteiger partial charge >= 0.3 is 6.36 Å². The minimum absolute atomic E-state index is 0.149. The van der Waals surface area contributed by atoms with Crippen molar-refractivity contribution >= 4 is 22.6 Å². The Kier molecular flexibility index (Phi) is 3.77. The number of nitrogens with zero attached hydrogens (tertiary/aromatic N) is 1. The lowest BCUT2D eigenvalue weighted by molar-refractivity contribution is -0.275. The summed E-state index contributed by atoms with van der Waals surface area (Å²) in [5, 5.41) is 0. The summed E-state index contributed by atoms with van der Waals surface area (Å²) in [6.07, 6.45) is -4.70. The first-order valence-corrected chi connectivity index (χ1v) is 5.03. The van der Waals surface area contributed by atoms with Gasteiger partial charge in [-0.1, -0.05) is 0 Å². The van der Waals surface area contributed by atoms with Crippen molar-refractivity contribution in [3.8, 4) is 5.75 Å². The molecule has 0 bridgehead atoms. The average molecular weight is 332 g/mol. The lowest BCUT2D eigenvalue weighted by Crippen LogP contribution is -2.18. The molecule has 0 spiro atoms. The molecular weight excluding hydrogens is 324 g/mol. The molecule has 3 nitrogen and oxygen atoms in total. The Morgan fingerprint density at radius 1 is 1.53 bits per heavy atom. The van der Waals surface area contributed by atoms with Crippen molar-refractivity contribution in [2.75, 3.05) is 0 Å². The van der Waals surface area contributed by atoms with Crippen LogP contribution in [0.2, 0.25) is 0 Å². The van der Waals surface area contributed by atoms with Crippen molar-refractivity contribution in [2.45, 2.75) is 19.8 Å². The second-order valence-corrected chi connectivity index (χ2v) is 3.81. The monoisotopic (exact) mass is 332 g/mol. The predicted octanol–water partition coefficient (Wildman–Crippen LogP) is 2.35. The highest BCUT2D eigenvalue weighted by Gasteiger charge is 2.32. The van der Waals surface area contributed by atoms with E-state index in [1.165, 1.54) is 6.07 Å². The smallest absolute Gasteiger partial charge is 0.403 e. The van der Waals surface area contributed by atoms with Crippen LogP contribution in [0.5, 0.6) is 5.75 Å². The van der Waals surface area contributed by atoms with Crippen LogP contribution in [0.3, 0.4) is 0 Å². The van der Waals surface area contributed by atoms with Crippen molar-refractivity contribution < 1.29 is 17.9 Å². The molecule has 7 heteroatoms. The molecule has 84 valence electrons. The third-order valence-electron chi connectivity index (χ3n) is 1.66. The Hall–Kier alpha value is -0.570. The summed E-state index contributed by atoms with van der Waals surface area (Å²) in [4.78, 5) is 3.91. The van der Waals surface area contributed by atoms with Crippen LogP contribution in [0.1, 0.15) is 11.3 Å². The van der Waals surface area contributed by atoms with Gasteiger partial charge in [0.1, 0.15) is 3.70 Å². The van der Waals surface area contributed by atoms with Crippen LogP contribution in [-0.2, 0) is 6.54 Å². The minimum atomic E-state index is -4.70. The fraction of sp³-hybridized carbons (Fsp3) is 0.375. The lowest BCUT2D eigenvalue weighted by Gasteiger charge is -2.12. The highest BCUT2D eigenvalue weighted by molar-refractivity contribution is 14.1. The van der Waals surface area contributed by atoms with E-state index >= 15 is 0 Å². The van der Waals surface area contributed by atoms with Gasteiger partial charge in [0.25, 0.3) is 0 Å². The third-order valence-corrected chi connectivity index (χ3v) is 2.43. The normalized spacial score (nSPS) is 11.6. The molecule has 0 unspecified atom stereocenters. The summed E-state index contributed by atoms with van der Waals surface area (Å²) in [6.45, 7) is 1.82. The zero-order chi connectivity index (χ0) is 11.6. The van der Waals surface area contributed by atoms with E-state index in [4.69, 9.17) is 5.73 Å². The first-order chi connectivity index (χ1) is 6.83. The largest absolute Gasteiger partial charge is 0.573 e. The molecule has 1 rings (SSSR count). The summed E-state index contributed by atoms with van der Waals surface area (Å²) in [7, 11) is 0. The van der Waals surface area contributed by atoms with Gasteiger partial charge in [-0.25, -0.2) is 4.98 Å². The maximum atomic E-state index is 12.0. The second-order valence-electron chi connectivity index (χ2n) is 2.79. The molecule has 15 heavy (non-hydrogen) atoms. The molecule has 2 N–H and O–H groups in total. The number of nitrogens with two attached hydrogens (primary N) is 1. The standard InChI is InChI=1S/C8H8F3IN2O/c1-4-2-6(15-8(9,10)11)7(12)14-5(4)3-13/h2H,3,13H2,1H3. The Morgan fingerprint density at radius 3 is 2.60 bits per heavy atom. The van der Waals surface area contributed by atoms with Gasteiger partial charge in [-0.2, -0.15) is 0 Å². The first-order valence-electron chi connectivity index (χ1n) is 3.95. The maximum Gasteiger partial charge on any atom is 0.573 e. The van der Waals surface area contributed by atoms with Crippen molar-refractivity contribution in [1.29, 1.82) is 0 Å². The topological polar surface area (TPSA) is 48.1 Å². The molecule has 0 saturated heterocycles. The van der Waals surface area contributed by atoms with E-state index in [9.17, 15) is 13.2 Å². The molecule has 0 atom stereocenters. The second kappa shape index (κ2) is 4.52. The van der Waals surface area contributed by atoms with Gasteiger partial charge in [-0.3, -0.25) is 0 Å². The van der Waals surface area contributed by atoms with Crippen LogP contribution in [0.15, 0.2) is 6.07 Å². The summed E-state index contributed by atoms with van der Waals surface area (Å²) < 4.78 is 39.8. The summed E-state index contributed by atoms with van der Waals surface area (Å²) in [5.41, 5.74) is 6.51. The van der Waals surface area contributed by atoms with E-state index in [-0.39, 0.29) is 16.0 Å². The number of rotatable bonds is 2. The van der Waals surface area contributed by atoms with E-state index < -0.39 is 6.36 Å². The number of alkyl halides is 3. The zero-order valence-corrected chi connectivity index (χ0v) is 9.89. The Balaban J connectivity index is 3.05. The maximum absolute atomic E-state index is 12.0. The van der Waals surface area contributed by atoms with Crippen LogP contribution >= 0.6 is 22.6 Å². The van der Waals surface area contributed by atoms with Crippen LogP contribution in [0.4, 0.5) is 13.2 Å². The van der Waals surface area contributed by atoms with E-state index in [0.717, 1.165) is 0 Å². The molecule has 0 saturated carbocycles. The number of hydrogen-bond acceptors (Lipinski definition) is 3. The van der Waals surface area contributed by atoms with Gasteiger partial charge in [0.05, 0.1) is 5.69 Å². The molecule has 0 aliphatic carbocycles.